The number of tetrazole rings is 1. The molecule has 2 heterocycles. The van der Waals surface area contributed by atoms with Crippen LogP contribution < -0.4 is 0 Å². The Hall–Kier alpha value is -2.21. The van der Waals surface area contributed by atoms with E-state index in [0.717, 1.165) is 28.0 Å². The van der Waals surface area contributed by atoms with Gasteiger partial charge in [0.05, 0.1) is 11.4 Å². The van der Waals surface area contributed by atoms with Gasteiger partial charge in [-0.2, -0.15) is 4.68 Å². The molecule has 2 aromatic heterocycles. The van der Waals surface area contributed by atoms with Gasteiger partial charge in [0.25, 0.3) is 0 Å². The molecular formula is C15H15N5S. The van der Waals surface area contributed by atoms with Crippen molar-refractivity contribution in [2.75, 3.05) is 0 Å². The second-order valence-corrected chi connectivity index (χ2v) is 5.72. The quantitative estimate of drug-likeness (QED) is 0.693. The number of hydrogen-bond donors (Lipinski definition) is 0. The Morgan fingerprint density at radius 1 is 1.10 bits per heavy atom. The van der Waals surface area contributed by atoms with Crippen LogP contribution in [0.15, 0.2) is 47.6 Å². The third-order valence-corrected chi connectivity index (χ3v) is 3.89. The summed E-state index contributed by atoms with van der Waals surface area (Å²) in [6.45, 7) is 4.09. The summed E-state index contributed by atoms with van der Waals surface area (Å²) in [7, 11) is 0. The molecule has 0 unspecified atom stereocenters. The topological polar surface area (TPSA) is 56.5 Å². The predicted molar refractivity (Wildman–Crippen MR) is 82.4 cm³/mol. The molecule has 0 N–H and O–H groups in total. The van der Waals surface area contributed by atoms with Gasteiger partial charge in [-0.25, -0.2) is 0 Å². The Bertz CT molecular complexity index is 719. The summed E-state index contributed by atoms with van der Waals surface area (Å²) in [5.41, 5.74) is 4.26. The van der Waals surface area contributed by atoms with E-state index >= 15 is 0 Å². The fourth-order valence-electron chi connectivity index (χ4n) is 2.14. The Labute approximate surface area is 127 Å². The normalized spacial score (nSPS) is 10.8. The molecule has 5 nitrogen and oxygen atoms in total. The number of para-hydroxylation sites is 1. The van der Waals surface area contributed by atoms with Crippen molar-refractivity contribution in [3.8, 4) is 5.69 Å². The molecule has 6 heteroatoms. The van der Waals surface area contributed by atoms with E-state index in [4.69, 9.17) is 0 Å². The van der Waals surface area contributed by atoms with Gasteiger partial charge in [0.1, 0.15) is 0 Å². The van der Waals surface area contributed by atoms with Gasteiger partial charge in [-0.05, 0) is 54.1 Å². The molecule has 0 spiro atoms. The summed E-state index contributed by atoms with van der Waals surface area (Å²) < 4.78 is 1.74. The first kappa shape index (κ1) is 13.8. The summed E-state index contributed by atoms with van der Waals surface area (Å²) >= 11 is 1.58. The van der Waals surface area contributed by atoms with Crippen LogP contribution >= 0.6 is 11.8 Å². The van der Waals surface area contributed by atoms with Gasteiger partial charge in [0.15, 0.2) is 0 Å². The van der Waals surface area contributed by atoms with Crippen LogP contribution in [-0.4, -0.2) is 25.2 Å². The van der Waals surface area contributed by atoms with Crippen LogP contribution in [0.4, 0.5) is 0 Å². The molecule has 106 valence electrons. The average Bonchev–Trinajstić information content (AvgIpc) is 2.93. The summed E-state index contributed by atoms with van der Waals surface area (Å²) in [6.07, 6.45) is 0. The lowest BCUT2D eigenvalue weighted by Gasteiger charge is -2.05. The van der Waals surface area contributed by atoms with Crippen molar-refractivity contribution >= 4 is 11.8 Å². The molecular weight excluding hydrogens is 282 g/mol. The average molecular weight is 297 g/mol. The van der Waals surface area contributed by atoms with Crippen molar-refractivity contribution in [1.29, 1.82) is 0 Å². The number of rotatable bonds is 4. The van der Waals surface area contributed by atoms with Gasteiger partial charge in [-0.15, -0.1) is 5.10 Å². The van der Waals surface area contributed by atoms with Gasteiger partial charge >= 0.3 is 0 Å². The summed E-state index contributed by atoms with van der Waals surface area (Å²) in [4.78, 5) is 4.54. The Balaban J connectivity index is 1.79. The summed E-state index contributed by atoms with van der Waals surface area (Å²) in [5.74, 6) is 0.746. The highest BCUT2D eigenvalue weighted by Crippen LogP contribution is 2.22. The van der Waals surface area contributed by atoms with Gasteiger partial charge in [0, 0.05) is 11.4 Å². The molecule has 0 aliphatic carbocycles. The zero-order valence-corrected chi connectivity index (χ0v) is 12.7. The van der Waals surface area contributed by atoms with Crippen LogP contribution in [0.1, 0.15) is 17.0 Å². The SMILES string of the molecule is Cc1cc(C)nc(CSc2nnnn2-c2ccccc2)c1. The number of aryl methyl sites for hydroxylation is 2. The van der Waals surface area contributed by atoms with Crippen LogP contribution in [0.3, 0.4) is 0 Å². The first-order valence-electron chi connectivity index (χ1n) is 6.63. The third-order valence-electron chi connectivity index (χ3n) is 2.94. The molecule has 1 aromatic carbocycles. The van der Waals surface area contributed by atoms with E-state index in [1.807, 2.05) is 37.3 Å². The van der Waals surface area contributed by atoms with Crippen molar-refractivity contribution in [2.45, 2.75) is 24.8 Å². The molecule has 3 rings (SSSR count). The molecule has 0 radical (unpaired) electrons. The minimum Gasteiger partial charge on any atom is -0.257 e. The lowest BCUT2D eigenvalue weighted by molar-refractivity contribution is 0.756. The maximum absolute atomic E-state index is 4.54. The molecule has 0 bridgehead atoms. The van der Waals surface area contributed by atoms with Crippen molar-refractivity contribution in [3.63, 3.8) is 0 Å². The monoisotopic (exact) mass is 297 g/mol. The first-order valence-corrected chi connectivity index (χ1v) is 7.62. The summed E-state index contributed by atoms with van der Waals surface area (Å²) in [6, 6.07) is 14.0. The van der Waals surface area contributed by atoms with E-state index in [9.17, 15) is 0 Å². The Kier molecular flexibility index (Phi) is 3.96. The van der Waals surface area contributed by atoms with Crippen molar-refractivity contribution in [1.82, 2.24) is 25.2 Å². The Morgan fingerprint density at radius 3 is 2.67 bits per heavy atom. The second kappa shape index (κ2) is 6.05. The van der Waals surface area contributed by atoms with Crippen molar-refractivity contribution < 1.29 is 0 Å². The van der Waals surface area contributed by atoms with E-state index in [0.29, 0.717) is 0 Å². The van der Waals surface area contributed by atoms with E-state index < -0.39 is 0 Å². The number of pyridine rings is 1. The summed E-state index contributed by atoms with van der Waals surface area (Å²) in [5, 5.41) is 12.7. The largest absolute Gasteiger partial charge is 0.257 e. The number of nitrogens with zero attached hydrogens (tertiary/aromatic N) is 5. The molecule has 0 amide bonds. The predicted octanol–water partition coefficient (Wildman–Crippen LogP) is 2.97. The number of aromatic nitrogens is 5. The number of thioether (sulfide) groups is 1. The van der Waals surface area contributed by atoms with Crippen LogP contribution in [-0.2, 0) is 5.75 Å². The zero-order valence-electron chi connectivity index (χ0n) is 11.9. The Morgan fingerprint density at radius 2 is 1.90 bits per heavy atom. The maximum atomic E-state index is 4.54. The first-order chi connectivity index (χ1) is 10.2. The molecule has 0 fully saturated rings. The van der Waals surface area contributed by atoms with Gasteiger partial charge < -0.3 is 0 Å². The van der Waals surface area contributed by atoms with Crippen LogP contribution in [0, 0.1) is 13.8 Å². The van der Waals surface area contributed by atoms with E-state index in [1.165, 1.54) is 5.56 Å². The zero-order chi connectivity index (χ0) is 14.7. The molecule has 21 heavy (non-hydrogen) atoms. The number of benzene rings is 1. The fraction of sp³-hybridized carbons (Fsp3) is 0.200. The molecule has 0 atom stereocenters. The number of hydrogen-bond acceptors (Lipinski definition) is 5. The minimum atomic E-state index is 0.746. The lowest BCUT2D eigenvalue weighted by Crippen LogP contribution is -1.99. The highest BCUT2D eigenvalue weighted by molar-refractivity contribution is 7.98. The van der Waals surface area contributed by atoms with E-state index in [2.05, 4.69) is 39.6 Å². The highest BCUT2D eigenvalue weighted by atomic mass is 32.2. The third kappa shape index (κ3) is 3.28. The fourth-order valence-corrected chi connectivity index (χ4v) is 2.92. The van der Waals surface area contributed by atoms with E-state index in [-0.39, 0.29) is 0 Å². The minimum absolute atomic E-state index is 0.746. The van der Waals surface area contributed by atoms with E-state index in [1.54, 1.807) is 16.4 Å². The molecule has 3 aromatic rings. The maximum Gasteiger partial charge on any atom is 0.214 e. The van der Waals surface area contributed by atoms with Gasteiger partial charge in [-0.1, -0.05) is 30.0 Å². The second-order valence-electron chi connectivity index (χ2n) is 4.77. The van der Waals surface area contributed by atoms with Gasteiger partial charge in [0.2, 0.25) is 5.16 Å². The molecule has 0 saturated carbocycles. The lowest BCUT2D eigenvalue weighted by atomic mass is 10.2. The van der Waals surface area contributed by atoms with Crippen LogP contribution in [0.5, 0.6) is 0 Å². The smallest absolute Gasteiger partial charge is 0.214 e. The van der Waals surface area contributed by atoms with Crippen LogP contribution in [0.2, 0.25) is 0 Å². The molecule has 0 saturated heterocycles. The molecule has 0 aliphatic heterocycles. The molecule has 0 aliphatic rings. The van der Waals surface area contributed by atoms with Crippen molar-refractivity contribution in [3.05, 3.63) is 59.4 Å². The van der Waals surface area contributed by atoms with Crippen LogP contribution in [0.25, 0.3) is 5.69 Å². The van der Waals surface area contributed by atoms with Gasteiger partial charge in [-0.3, -0.25) is 4.98 Å². The highest BCUT2D eigenvalue weighted by Gasteiger charge is 2.09. The standard InChI is InChI=1S/C15H15N5S/c1-11-8-12(2)16-13(9-11)10-21-15-17-18-19-20(15)14-6-4-3-5-7-14/h3-9H,10H2,1-2H3. The van der Waals surface area contributed by atoms with Crippen molar-refractivity contribution in [2.24, 2.45) is 0 Å².